The van der Waals surface area contributed by atoms with E-state index in [2.05, 4.69) is 71.5 Å². The molecule has 0 radical (unpaired) electrons. The maximum absolute atomic E-state index is 2.41. The van der Waals surface area contributed by atoms with Crippen LogP contribution in [-0.4, -0.2) is 4.75 Å². The van der Waals surface area contributed by atoms with Crippen LogP contribution in [-0.2, 0) is 0 Å². The van der Waals surface area contributed by atoms with Gasteiger partial charge in [0.25, 0.3) is 0 Å². The monoisotopic (exact) mass is 248 g/mol. The minimum Gasteiger partial charge on any atom is -0.119 e. The molecule has 1 aromatic rings. The van der Waals surface area contributed by atoms with Gasteiger partial charge in [0.15, 0.2) is 0 Å². The van der Waals surface area contributed by atoms with Crippen molar-refractivity contribution in [3.63, 3.8) is 0 Å². The molecule has 0 saturated heterocycles. The lowest BCUT2D eigenvalue weighted by Gasteiger charge is -2.40. The Bertz CT molecular complexity index is 429. The Morgan fingerprint density at radius 2 is 1.82 bits per heavy atom. The fourth-order valence-corrected chi connectivity index (χ4v) is 4.43. The van der Waals surface area contributed by atoms with E-state index in [4.69, 9.17) is 0 Å². The first-order chi connectivity index (χ1) is 7.74. The van der Waals surface area contributed by atoms with Gasteiger partial charge in [0.2, 0.25) is 0 Å². The zero-order chi connectivity index (χ0) is 12.8. The predicted octanol–water partition coefficient (Wildman–Crippen LogP) is 5.40. The molecule has 2 rings (SSSR count). The molecule has 0 saturated carbocycles. The van der Waals surface area contributed by atoms with Gasteiger partial charge in [0.05, 0.1) is 0 Å². The molecule has 1 aromatic carbocycles. The molecule has 1 heteroatoms. The number of thioether (sulfide) groups is 1. The van der Waals surface area contributed by atoms with Gasteiger partial charge in [0, 0.05) is 9.64 Å². The van der Waals surface area contributed by atoms with Gasteiger partial charge in [-0.1, -0.05) is 32.9 Å². The highest BCUT2D eigenvalue weighted by Gasteiger charge is 2.42. The van der Waals surface area contributed by atoms with Crippen LogP contribution in [0.25, 0.3) is 0 Å². The van der Waals surface area contributed by atoms with Crippen molar-refractivity contribution in [1.82, 2.24) is 0 Å². The Morgan fingerprint density at radius 3 is 2.47 bits per heavy atom. The maximum atomic E-state index is 2.41. The van der Waals surface area contributed by atoms with E-state index in [1.165, 1.54) is 16.9 Å². The molecule has 0 amide bonds. The van der Waals surface area contributed by atoms with Crippen molar-refractivity contribution in [2.75, 3.05) is 0 Å². The molecule has 0 N–H and O–H groups in total. The van der Waals surface area contributed by atoms with Crippen LogP contribution in [0.4, 0.5) is 0 Å². The molecule has 1 unspecified atom stereocenters. The molecule has 1 aliphatic heterocycles. The number of hydrogen-bond donors (Lipinski definition) is 0. The van der Waals surface area contributed by atoms with E-state index in [1.807, 2.05) is 0 Å². The Hall–Kier alpha value is -0.430. The lowest BCUT2D eigenvalue weighted by molar-refractivity contribution is 0.247. The summed E-state index contributed by atoms with van der Waals surface area (Å²) >= 11 is 2.06. The smallest absolute Gasteiger partial charge is 0.0202 e. The molecule has 17 heavy (non-hydrogen) atoms. The average Bonchev–Trinajstić information content (AvgIpc) is 2.20. The second-order valence-electron chi connectivity index (χ2n) is 6.59. The first-order valence-corrected chi connectivity index (χ1v) is 7.35. The van der Waals surface area contributed by atoms with Crippen LogP contribution in [0.5, 0.6) is 0 Å². The van der Waals surface area contributed by atoms with Crippen molar-refractivity contribution in [1.29, 1.82) is 0 Å². The number of hydrogen-bond acceptors (Lipinski definition) is 1. The topological polar surface area (TPSA) is 0 Å². The van der Waals surface area contributed by atoms with Gasteiger partial charge in [-0.25, -0.2) is 0 Å². The Morgan fingerprint density at radius 1 is 1.18 bits per heavy atom. The third kappa shape index (κ3) is 2.14. The largest absolute Gasteiger partial charge is 0.119 e. The summed E-state index contributed by atoms with van der Waals surface area (Å²) < 4.78 is 0.292. The van der Waals surface area contributed by atoms with Crippen molar-refractivity contribution in [2.24, 2.45) is 5.41 Å². The Labute approximate surface area is 110 Å². The van der Waals surface area contributed by atoms with Crippen molar-refractivity contribution < 1.29 is 0 Å². The summed E-state index contributed by atoms with van der Waals surface area (Å²) in [7, 11) is 0. The fraction of sp³-hybridized carbons (Fsp3) is 0.625. The van der Waals surface area contributed by atoms with Gasteiger partial charge in [0.1, 0.15) is 0 Å². The lowest BCUT2D eigenvalue weighted by Crippen LogP contribution is -2.35. The van der Waals surface area contributed by atoms with Crippen LogP contribution in [0.2, 0.25) is 0 Å². The van der Waals surface area contributed by atoms with E-state index >= 15 is 0 Å². The molecule has 0 aromatic heterocycles. The highest BCUT2D eigenvalue weighted by Crippen LogP contribution is 2.54. The molecule has 1 atom stereocenters. The summed E-state index contributed by atoms with van der Waals surface area (Å²) in [6.45, 7) is 14.2. The summed E-state index contributed by atoms with van der Waals surface area (Å²) in [6, 6.07) is 6.75. The van der Waals surface area contributed by atoms with Crippen LogP contribution in [0, 0.1) is 12.3 Å². The summed E-state index contributed by atoms with van der Waals surface area (Å²) in [5, 5.41) is 0. The van der Waals surface area contributed by atoms with Gasteiger partial charge >= 0.3 is 0 Å². The van der Waals surface area contributed by atoms with Gasteiger partial charge in [-0.2, -0.15) is 0 Å². The van der Waals surface area contributed by atoms with Crippen LogP contribution >= 0.6 is 11.8 Å². The standard InChI is InChI=1S/C16H24S/c1-11-8-7-9-13-14(11)12(2)10-15(3,4)16(5,6)17-13/h7-9,12H,10H2,1-6H3. The normalized spacial score (nSPS) is 26.1. The van der Waals surface area contributed by atoms with Crippen molar-refractivity contribution in [3.05, 3.63) is 29.3 Å². The van der Waals surface area contributed by atoms with Gasteiger partial charge in [-0.15, -0.1) is 11.8 Å². The second-order valence-corrected chi connectivity index (χ2v) is 8.25. The van der Waals surface area contributed by atoms with Crippen molar-refractivity contribution in [2.45, 2.75) is 63.5 Å². The Kier molecular flexibility index (Phi) is 3.10. The highest BCUT2D eigenvalue weighted by molar-refractivity contribution is 8.00. The lowest BCUT2D eigenvalue weighted by atomic mass is 9.72. The summed E-state index contributed by atoms with van der Waals surface area (Å²) in [5.41, 5.74) is 3.40. The molecule has 0 fully saturated rings. The molecule has 0 nitrogen and oxygen atoms in total. The summed E-state index contributed by atoms with van der Waals surface area (Å²) in [5.74, 6) is 0.662. The summed E-state index contributed by atoms with van der Waals surface area (Å²) in [4.78, 5) is 1.49. The molecular weight excluding hydrogens is 224 g/mol. The molecule has 0 spiro atoms. The number of rotatable bonds is 0. The first-order valence-electron chi connectivity index (χ1n) is 6.53. The predicted molar refractivity (Wildman–Crippen MR) is 77.9 cm³/mol. The van der Waals surface area contributed by atoms with Crippen molar-refractivity contribution >= 4 is 11.8 Å². The zero-order valence-corrected chi connectivity index (χ0v) is 12.7. The van der Waals surface area contributed by atoms with Crippen molar-refractivity contribution in [3.8, 4) is 0 Å². The van der Waals surface area contributed by atoms with E-state index in [9.17, 15) is 0 Å². The number of benzene rings is 1. The maximum Gasteiger partial charge on any atom is 0.0202 e. The molecule has 1 aliphatic rings. The number of fused-ring (bicyclic) bond motifs is 1. The SMILES string of the molecule is Cc1cccc2c1C(C)CC(C)(C)C(C)(C)S2. The average molecular weight is 248 g/mol. The van der Waals surface area contributed by atoms with Gasteiger partial charge in [-0.05, 0) is 55.7 Å². The zero-order valence-electron chi connectivity index (χ0n) is 11.9. The van der Waals surface area contributed by atoms with E-state index in [1.54, 1.807) is 5.56 Å². The second kappa shape index (κ2) is 4.05. The molecular formula is C16H24S. The van der Waals surface area contributed by atoms with Crippen LogP contribution in [0.1, 0.15) is 58.1 Å². The summed E-state index contributed by atoms with van der Waals surface area (Å²) in [6.07, 6.45) is 1.27. The molecule has 1 heterocycles. The third-order valence-corrected chi connectivity index (χ3v) is 6.23. The van der Waals surface area contributed by atoms with E-state index < -0.39 is 0 Å². The highest BCUT2D eigenvalue weighted by atomic mass is 32.2. The Balaban J connectivity index is 2.56. The van der Waals surface area contributed by atoms with E-state index in [0.717, 1.165) is 0 Å². The fourth-order valence-electron chi connectivity index (χ4n) is 2.90. The number of aryl methyl sites for hydroxylation is 1. The third-order valence-electron chi connectivity index (χ3n) is 4.59. The van der Waals surface area contributed by atoms with Crippen LogP contribution < -0.4 is 0 Å². The van der Waals surface area contributed by atoms with E-state index in [-0.39, 0.29) is 0 Å². The first kappa shape index (κ1) is 13.0. The van der Waals surface area contributed by atoms with E-state index in [0.29, 0.717) is 16.1 Å². The van der Waals surface area contributed by atoms with Crippen LogP contribution in [0.3, 0.4) is 0 Å². The minimum atomic E-state index is 0.292. The van der Waals surface area contributed by atoms with Crippen LogP contribution in [0.15, 0.2) is 23.1 Å². The minimum absolute atomic E-state index is 0.292. The molecule has 0 bridgehead atoms. The van der Waals surface area contributed by atoms with Gasteiger partial charge < -0.3 is 0 Å². The molecule has 94 valence electrons. The molecule has 0 aliphatic carbocycles. The van der Waals surface area contributed by atoms with Gasteiger partial charge in [-0.3, -0.25) is 0 Å². The quantitative estimate of drug-likeness (QED) is 0.592.